The molecule has 16 heavy (non-hydrogen) atoms. The third-order valence-corrected chi connectivity index (χ3v) is 1.69. The zero-order chi connectivity index (χ0) is 11.4. The fourth-order valence-electron chi connectivity index (χ4n) is 0.965. The predicted octanol–water partition coefficient (Wildman–Crippen LogP) is -1.94. The van der Waals surface area contributed by atoms with Crippen LogP contribution in [0.25, 0.3) is 0 Å². The molecule has 0 aliphatic rings. The van der Waals surface area contributed by atoms with Gasteiger partial charge < -0.3 is 15.9 Å². The fourth-order valence-corrected chi connectivity index (χ4v) is 0.965. The Morgan fingerprint density at radius 2 is 2.38 bits per heavy atom. The van der Waals surface area contributed by atoms with Gasteiger partial charge in [-0.05, 0) is 22.4 Å². The number of furan rings is 1. The van der Waals surface area contributed by atoms with Gasteiger partial charge in [-0.25, -0.2) is 4.63 Å². The molecular formula is C8H9N6O2+. The molecule has 2 rings (SSSR count). The zero-order valence-corrected chi connectivity index (χ0v) is 8.12. The Labute approximate surface area is 89.6 Å². The first-order valence-electron chi connectivity index (χ1n) is 4.31. The molecule has 8 heteroatoms. The number of hydrogen-bond donors (Lipinski definition) is 3. The summed E-state index contributed by atoms with van der Waals surface area (Å²) in [6.45, 7) is 0. The quantitative estimate of drug-likeness (QED) is 0.314. The lowest BCUT2D eigenvalue weighted by Gasteiger charge is -1.86. The molecule has 0 amide bonds. The van der Waals surface area contributed by atoms with Crippen molar-refractivity contribution in [1.82, 2.24) is 10.3 Å². The van der Waals surface area contributed by atoms with E-state index in [1.54, 1.807) is 18.4 Å². The number of nitrogens with zero attached hydrogens (tertiary/aromatic N) is 3. The Kier molecular flexibility index (Phi) is 2.63. The number of nitrogens with two attached hydrogens (primary N) is 2. The number of rotatable bonds is 3. The van der Waals surface area contributed by atoms with Crippen molar-refractivity contribution in [3.05, 3.63) is 29.9 Å². The molecule has 82 valence electrons. The van der Waals surface area contributed by atoms with Gasteiger partial charge in [0.1, 0.15) is 0 Å². The number of nitrogen functional groups attached to an aromatic ring is 1. The van der Waals surface area contributed by atoms with Crippen LogP contribution in [0, 0.1) is 0 Å². The molecule has 0 aromatic carbocycles. The van der Waals surface area contributed by atoms with Gasteiger partial charge in [-0.1, -0.05) is 0 Å². The van der Waals surface area contributed by atoms with Crippen LogP contribution in [0.2, 0.25) is 0 Å². The Morgan fingerprint density at radius 3 is 3.00 bits per heavy atom. The maximum absolute atomic E-state index is 5.57. The summed E-state index contributed by atoms with van der Waals surface area (Å²) in [6.07, 6.45) is 3.07. The van der Waals surface area contributed by atoms with Crippen molar-refractivity contribution in [2.24, 2.45) is 10.8 Å². The Bertz CT molecular complexity index is 512. The molecular weight excluding hydrogens is 212 g/mol. The molecule has 0 saturated carbocycles. The van der Waals surface area contributed by atoms with Crippen molar-refractivity contribution in [2.45, 2.75) is 0 Å². The van der Waals surface area contributed by atoms with Crippen molar-refractivity contribution in [1.29, 1.82) is 0 Å². The van der Waals surface area contributed by atoms with E-state index in [0.29, 0.717) is 5.76 Å². The summed E-state index contributed by atoms with van der Waals surface area (Å²) in [4.78, 5) is 0. The monoisotopic (exact) mass is 221 g/mol. The molecule has 2 aromatic rings. The molecule has 0 spiro atoms. The minimum absolute atomic E-state index is 0.0709. The topological polar surface area (TPSA) is 130 Å². The van der Waals surface area contributed by atoms with Gasteiger partial charge in [0.05, 0.1) is 6.26 Å². The second-order valence-corrected chi connectivity index (χ2v) is 2.78. The van der Waals surface area contributed by atoms with Crippen molar-refractivity contribution < 1.29 is 14.1 Å². The Morgan fingerprint density at radius 1 is 1.50 bits per heavy atom. The van der Waals surface area contributed by atoms with Gasteiger partial charge >= 0.3 is 0 Å². The zero-order valence-electron chi connectivity index (χ0n) is 8.12. The highest BCUT2D eigenvalue weighted by molar-refractivity contribution is 5.98. The van der Waals surface area contributed by atoms with Crippen LogP contribution in [0.3, 0.4) is 0 Å². The van der Waals surface area contributed by atoms with Crippen LogP contribution in [-0.2, 0) is 0 Å². The molecule has 0 aliphatic carbocycles. The number of amidine groups is 1. The first kappa shape index (κ1) is 9.90. The number of aromatic nitrogens is 2. The second-order valence-electron chi connectivity index (χ2n) is 2.78. The van der Waals surface area contributed by atoms with E-state index in [9.17, 15) is 0 Å². The van der Waals surface area contributed by atoms with Crippen molar-refractivity contribution in [3.8, 4) is 0 Å². The van der Waals surface area contributed by atoms with E-state index < -0.39 is 0 Å². The first-order chi connectivity index (χ1) is 7.77. The number of hydrazone groups is 1. The van der Waals surface area contributed by atoms with Gasteiger partial charge in [-0.2, -0.15) is 0 Å². The average molecular weight is 221 g/mol. The normalized spacial score (nSPS) is 12.4. The van der Waals surface area contributed by atoms with E-state index in [4.69, 9.17) is 15.9 Å². The summed E-state index contributed by atoms with van der Waals surface area (Å²) in [5.74, 6) is 0.769. The van der Waals surface area contributed by atoms with Crippen LogP contribution < -0.4 is 16.6 Å². The number of nitrogens with one attached hydrogen (secondary N) is 1. The van der Waals surface area contributed by atoms with Crippen LogP contribution >= 0.6 is 0 Å². The van der Waals surface area contributed by atoms with Gasteiger partial charge in [-0.15, -0.1) is 5.10 Å². The van der Waals surface area contributed by atoms with Gasteiger partial charge in [0.15, 0.2) is 17.3 Å². The summed E-state index contributed by atoms with van der Waals surface area (Å²) >= 11 is 0. The molecule has 0 radical (unpaired) electrons. The lowest BCUT2D eigenvalue weighted by atomic mass is 10.4. The Balaban J connectivity index is 2.11. The van der Waals surface area contributed by atoms with Crippen LogP contribution in [0.1, 0.15) is 11.5 Å². The summed E-state index contributed by atoms with van der Waals surface area (Å²) in [6, 6.07) is 3.50. The molecule has 0 atom stereocenters. The average Bonchev–Trinajstić information content (AvgIpc) is 2.88. The van der Waals surface area contributed by atoms with Crippen LogP contribution in [0.4, 0.5) is 5.82 Å². The maximum atomic E-state index is 5.57. The molecule has 0 bridgehead atoms. The molecule has 2 heterocycles. The lowest BCUT2D eigenvalue weighted by molar-refractivity contribution is -0.456. The summed E-state index contributed by atoms with van der Waals surface area (Å²) in [5, 5.41) is 13.2. The maximum Gasteiger partial charge on any atom is 0.236 e. The van der Waals surface area contributed by atoms with Gasteiger partial charge in [0.2, 0.25) is 12.1 Å². The van der Waals surface area contributed by atoms with Crippen molar-refractivity contribution in [3.63, 3.8) is 0 Å². The first-order valence-corrected chi connectivity index (χ1v) is 4.31. The van der Waals surface area contributed by atoms with E-state index in [1.165, 1.54) is 6.21 Å². The lowest BCUT2D eigenvalue weighted by Crippen LogP contribution is -2.63. The van der Waals surface area contributed by atoms with Gasteiger partial charge in [0, 0.05) is 5.10 Å². The highest BCUT2D eigenvalue weighted by Crippen LogP contribution is 2.01. The molecule has 2 aromatic heterocycles. The third-order valence-electron chi connectivity index (χ3n) is 1.69. The molecule has 0 saturated heterocycles. The summed E-state index contributed by atoms with van der Waals surface area (Å²) in [5.41, 5.74) is 11.2. The third kappa shape index (κ3) is 2.05. The molecule has 0 unspecified atom stereocenters. The second kappa shape index (κ2) is 4.26. The number of hydrogen-bond acceptors (Lipinski definition) is 6. The van der Waals surface area contributed by atoms with Crippen LogP contribution in [-0.4, -0.2) is 22.4 Å². The Hall–Kier alpha value is -2.64. The highest BCUT2D eigenvalue weighted by atomic mass is 16.6. The standard InChI is InChI=1S/C8H8N6O2/c9-7(6-8(10)14-16-13-6)12-11-4-5-2-1-3-15-5/h1-4H,(H2,9,12)(H2,10,14)/p+1. The SMILES string of the molecule is NC(=N[NH+]=Cc1ccco1)c1nonc1N. The summed E-state index contributed by atoms with van der Waals surface area (Å²) in [7, 11) is 0. The van der Waals surface area contributed by atoms with Crippen LogP contribution in [0.5, 0.6) is 0 Å². The predicted molar refractivity (Wildman–Crippen MR) is 54.3 cm³/mol. The highest BCUT2D eigenvalue weighted by Gasteiger charge is 2.11. The number of anilines is 1. The minimum atomic E-state index is 0.0709. The van der Waals surface area contributed by atoms with E-state index in [-0.39, 0.29) is 17.3 Å². The van der Waals surface area contributed by atoms with Crippen molar-refractivity contribution >= 4 is 17.9 Å². The van der Waals surface area contributed by atoms with E-state index in [2.05, 4.69) is 25.1 Å². The summed E-state index contributed by atoms with van der Waals surface area (Å²) < 4.78 is 9.41. The van der Waals surface area contributed by atoms with E-state index >= 15 is 0 Å². The molecule has 0 fully saturated rings. The minimum Gasteiger partial charge on any atom is -0.459 e. The van der Waals surface area contributed by atoms with Crippen LogP contribution in [0.15, 0.2) is 32.5 Å². The largest absolute Gasteiger partial charge is 0.459 e. The van der Waals surface area contributed by atoms with Gasteiger partial charge in [0.25, 0.3) is 0 Å². The van der Waals surface area contributed by atoms with E-state index in [1.807, 2.05) is 0 Å². The molecule has 8 nitrogen and oxygen atoms in total. The fraction of sp³-hybridized carbons (Fsp3) is 0. The van der Waals surface area contributed by atoms with Crippen molar-refractivity contribution in [2.75, 3.05) is 5.73 Å². The van der Waals surface area contributed by atoms with E-state index in [0.717, 1.165) is 0 Å². The van der Waals surface area contributed by atoms with Gasteiger partial charge in [-0.3, -0.25) is 0 Å². The molecule has 5 N–H and O–H groups in total. The smallest absolute Gasteiger partial charge is 0.236 e. The molecule has 0 aliphatic heterocycles.